The number of allylic oxidation sites excluding steroid dienone is 2. The first kappa shape index (κ1) is 11.7. The smallest absolute Gasteiger partial charge is 0.0232 e. The molecule has 0 aliphatic carbocycles. The number of unbranched alkanes of at least 4 members (excludes halogenated alkanes) is 1. The van der Waals surface area contributed by atoms with Crippen LogP contribution >= 0.6 is 0 Å². The minimum absolute atomic E-state index is 0.775. The molecular weight excluding hydrogens is 144 g/mol. The summed E-state index contributed by atoms with van der Waals surface area (Å²) in [5, 5.41) is 0. The fraction of sp³-hybridized carbons (Fsp3) is 0.833. The zero-order valence-corrected chi connectivity index (χ0v) is 9.35. The maximum absolute atomic E-state index is 2.40. The van der Waals surface area contributed by atoms with Crippen molar-refractivity contribution in [3.05, 3.63) is 11.6 Å². The Labute approximate surface area is 78.1 Å². The lowest BCUT2D eigenvalue weighted by molar-refractivity contribution is 0.484. The Hall–Kier alpha value is -0.260. The molecule has 0 heteroatoms. The first-order valence-corrected chi connectivity index (χ1v) is 5.24. The van der Waals surface area contributed by atoms with E-state index in [1.165, 1.54) is 19.3 Å². The van der Waals surface area contributed by atoms with Gasteiger partial charge in [0.25, 0.3) is 0 Å². The maximum atomic E-state index is 2.40. The summed E-state index contributed by atoms with van der Waals surface area (Å²) in [7, 11) is 0. The Morgan fingerprint density at radius 1 is 1.25 bits per heavy atom. The quantitative estimate of drug-likeness (QED) is 0.533. The molecule has 0 rings (SSSR count). The van der Waals surface area contributed by atoms with E-state index in [0.29, 0.717) is 0 Å². The average Bonchev–Trinajstić information content (AvgIpc) is 1.98. The zero-order valence-electron chi connectivity index (χ0n) is 9.35. The molecule has 0 radical (unpaired) electrons. The van der Waals surface area contributed by atoms with Crippen molar-refractivity contribution in [2.24, 2.45) is 11.8 Å². The van der Waals surface area contributed by atoms with Crippen molar-refractivity contribution in [3.63, 3.8) is 0 Å². The molecule has 0 aliphatic rings. The summed E-state index contributed by atoms with van der Waals surface area (Å²) in [5.41, 5.74) is 1.57. The Balaban J connectivity index is 3.82. The van der Waals surface area contributed by atoms with E-state index in [2.05, 4.69) is 40.7 Å². The molecule has 1 atom stereocenters. The fourth-order valence-electron chi connectivity index (χ4n) is 1.47. The van der Waals surface area contributed by atoms with Crippen LogP contribution in [-0.2, 0) is 0 Å². The molecule has 72 valence electrons. The van der Waals surface area contributed by atoms with Crippen LogP contribution in [0.1, 0.15) is 53.9 Å². The Bertz CT molecular complexity index is 131. The summed E-state index contributed by atoms with van der Waals surface area (Å²) in [4.78, 5) is 0. The molecule has 0 bridgehead atoms. The number of hydrogen-bond donors (Lipinski definition) is 0. The molecular formula is C12H24. The van der Waals surface area contributed by atoms with Gasteiger partial charge in [0.1, 0.15) is 0 Å². The van der Waals surface area contributed by atoms with E-state index in [1.807, 2.05) is 0 Å². The second-order valence-corrected chi connectivity index (χ2v) is 4.27. The normalized spacial score (nSPS) is 15.3. The van der Waals surface area contributed by atoms with Gasteiger partial charge >= 0.3 is 0 Å². The molecule has 0 nitrogen and oxygen atoms in total. The van der Waals surface area contributed by atoms with Crippen molar-refractivity contribution in [3.8, 4) is 0 Å². The van der Waals surface area contributed by atoms with E-state index >= 15 is 0 Å². The van der Waals surface area contributed by atoms with Crippen molar-refractivity contribution in [1.29, 1.82) is 0 Å². The van der Waals surface area contributed by atoms with Gasteiger partial charge in [0.2, 0.25) is 0 Å². The second-order valence-electron chi connectivity index (χ2n) is 4.27. The molecule has 0 saturated carbocycles. The molecule has 0 aromatic heterocycles. The molecule has 0 aromatic rings. The third-order valence-corrected chi connectivity index (χ3v) is 2.36. The van der Waals surface area contributed by atoms with Gasteiger partial charge in [-0.1, -0.05) is 45.8 Å². The van der Waals surface area contributed by atoms with Crippen LogP contribution in [0.2, 0.25) is 0 Å². The van der Waals surface area contributed by atoms with Crippen molar-refractivity contribution in [2.45, 2.75) is 53.9 Å². The molecule has 0 fully saturated rings. The van der Waals surface area contributed by atoms with Gasteiger partial charge in [-0.15, -0.1) is 0 Å². The van der Waals surface area contributed by atoms with Crippen LogP contribution in [0.4, 0.5) is 0 Å². The van der Waals surface area contributed by atoms with Gasteiger partial charge in [-0.05, 0) is 31.6 Å². The number of rotatable bonds is 5. The van der Waals surface area contributed by atoms with Crippen LogP contribution in [-0.4, -0.2) is 0 Å². The third-order valence-electron chi connectivity index (χ3n) is 2.36. The van der Waals surface area contributed by atoms with Crippen LogP contribution in [0.5, 0.6) is 0 Å². The Kier molecular flexibility index (Phi) is 6.14. The SMILES string of the molecule is CCCC=C(C)C(C)CC(C)C. The van der Waals surface area contributed by atoms with Gasteiger partial charge in [-0.2, -0.15) is 0 Å². The van der Waals surface area contributed by atoms with E-state index in [9.17, 15) is 0 Å². The monoisotopic (exact) mass is 168 g/mol. The van der Waals surface area contributed by atoms with E-state index in [1.54, 1.807) is 5.57 Å². The van der Waals surface area contributed by atoms with Gasteiger partial charge in [0.15, 0.2) is 0 Å². The van der Waals surface area contributed by atoms with Gasteiger partial charge in [0, 0.05) is 0 Å². The summed E-state index contributed by atoms with van der Waals surface area (Å²) in [6.07, 6.45) is 6.24. The molecule has 0 N–H and O–H groups in total. The molecule has 12 heavy (non-hydrogen) atoms. The highest BCUT2D eigenvalue weighted by atomic mass is 14.1. The molecule has 0 aromatic carbocycles. The summed E-state index contributed by atoms with van der Waals surface area (Å²) in [6.45, 7) is 11.4. The van der Waals surface area contributed by atoms with Crippen LogP contribution in [0, 0.1) is 11.8 Å². The lowest BCUT2D eigenvalue weighted by Crippen LogP contribution is -2.01. The maximum Gasteiger partial charge on any atom is -0.0232 e. The van der Waals surface area contributed by atoms with Gasteiger partial charge < -0.3 is 0 Å². The van der Waals surface area contributed by atoms with Crippen LogP contribution < -0.4 is 0 Å². The zero-order chi connectivity index (χ0) is 9.56. The molecule has 0 spiro atoms. The summed E-state index contributed by atoms with van der Waals surface area (Å²) in [5.74, 6) is 1.60. The van der Waals surface area contributed by atoms with Crippen molar-refractivity contribution in [1.82, 2.24) is 0 Å². The van der Waals surface area contributed by atoms with E-state index in [4.69, 9.17) is 0 Å². The van der Waals surface area contributed by atoms with E-state index in [0.717, 1.165) is 11.8 Å². The van der Waals surface area contributed by atoms with Crippen molar-refractivity contribution < 1.29 is 0 Å². The van der Waals surface area contributed by atoms with Crippen LogP contribution in [0.15, 0.2) is 11.6 Å². The van der Waals surface area contributed by atoms with Crippen LogP contribution in [0.3, 0.4) is 0 Å². The molecule has 1 unspecified atom stereocenters. The summed E-state index contributed by atoms with van der Waals surface area (Å²) >= 11 is 0. The fourth-order valence-corrected chi connectivity index (χ4v) is 1.47. The molecule has 0 aliphatic heterocycles. The Morgan fingerprint density at radius 2 is 1.83 bits per heavy atom. The third kappa shape index (κ3) is 5.40. The van der Waals surface area contributed by atoms with Gasteiger partial charge in [-0.25, -0.2) is 0 Å². The summed E-state index contributed by atoms with van der Waals surface area (Å²) in [6, 6.07) is 0. The van der Waals surface area contributed by atoms with Crippen molar-refractivity contribution in [2.75, 3.05) is 0 Å². The lowest BCUT2D eigenvalue weighted by atomic mass is 9.92. The van der Waals surface area contributed by atoms with Gasteiger partial charge in [0.05, 0.1) is 0 Å². The second kappa shape index (κ2) is 6.28. The lowest BCUT2D eigenvalue weighted by Gasteiger charge is -2.14. The van der Waals surface area contributed by atoms with E-state index in [-0.39, 0.29) is 0 Å². The van der Waals surface area contributed by atoms with Gasteiger partial charge in [-0.3, -0.25) is 0 Å². The van der Waals surface area contributed by atoms with E-state index < -0.39 is 0 Å². The minimum Gasteiger partial charge on any atom is -0.0854 e. The first-order chi connectivity index (χ1) is 5.57. The highest BCUT2D eigenvalue weighted by Gasteiger charge is 2.05. The average molecular weight is 168 g/mol. The minimum atomic E-state index is 0.775. The predicted octanol–water partition coefficient (Wildman–Crippen LogP) is 4.42. The topological polar surface area (TPSA) is 0 Å². The molecule has 0 saturated heterocycles. The highest BCUT2D eigenvalue weighted by molar-refractivity contribution is 5.01. The summed E-state index contributed by atoms with van der Waals surface area (Å²) < 4.78 is 0. The largest absolute Gasteiger partial charge is 0.0854 e. The predicted molar refractivity (Wildman–Crippen MR) is 57.3 cm³/mol. The first-order valence-electron chi connectivity index (χ1n) is 5.24. The molecule has 0 heterocycles. The van der Waals surface area contributed by atoms with Crippen molar-refractivity contribution >= 4 is 0 Å². The standard InChI is InChI=1S/C12H24/c1-6-7-8-11(4)12(5)9-10(2)3/h8,10,12H,6-7,9H2,1-5H3. The Morgan fingerprint density at radius 3 is 2.25 bits per heavy atom. The van der Waals surface area contributed by atoms with Crippen LogP contribution in [0.25, 0.3) is 0 Å². The number of hydrogen-bond acceptors (Lipinski definition) is 0. The highest BCUT2D eigenvalue weighted by Crippen LogP contribution is 2.19. The molecule has 0 amide bonds.